The lowest BCUT2D eigenvalue weighted by atomic mass is 9.97. The molecule has 0 N–H and O–H groups in total. The van der Waals surface area contributed by atoms with Gasteiger partial charge in [0.25, 0.3) is 0 Å². The monoisotopic (exact) mass is 372 g/mol. The van der Waals surface area contributed by atoms with Crippen molar-refractivity contribution in [3.63, 3.8) is 0 Å². The van der Waals surface area contributed by atoms with Crippen molar-refractivity contribution in [3.8, 4) is 5.75 Å². The number of benzene rings is 1. The van der Waals surface area contributed by atoms with Gasteiger partial charge in [-0.05, 0) is 49.2 Å². The first-order chi connectivity index (χ1) is 12.6. The van der Waals surface area contributed by atoms with Crippen molar-refractivity contribution in [2.24, 2.45) is 0 Å². The second-order valence-corrected chi connectivity index (χ2v) is 8.28. The van der Waals surface area contributed by atoms with E-state index in [-0.39, 0.29) is 5.92 Å². The van der Waals surface area contributed by atoms with Crippen molar-refractivity contribution >= 4 is 15.7 Å². The number of nitrogens with zero attached hydrogens (tertiary/aromatic N) is 4. The van der Waals surface area contributed by atoms with Gasteiger partial charge in [-0.3, -0.25) is 4.40 Å². The first-order valence-electron chi connectivity index (χ1n) is 8.53. The maximum absolute atomic E-state index is 12.8. The van der Waals surface area contributed by atoms with Gasteiger partial charge in [-0.25, -0.2) is 8.42 Å². The topological polar surface area (TPSA) is 76.8 Å². The van der Waals surface area contributed by atoms with E-state index in [1.807, 2.05) is 28.8 Å². The van der Waals surface area contributed by atoms with Gasteiger partial charge in [-0.2, -0.15) is 4.31 Å². The predicted molar refractivity (Wildman–Crippen MR) is 96.7 cm³/mol. The van der Waals surface area contributed by atoms with E-state index in [9.17, 15) is 8.42 Å². The number of fused-ring (bicyclic) bond motifs is 1. The normalized spacial score (nSPS) is 16.8. The van der Waals surface area contributed by atoms with Crippen LogP contribution in [0.25, 0.3) is 5.65 Å². The molecule has 3 aromatic rings. The Morgan fingerprint density at radius 1 is 1.04 bits per heavy atom. The zero-order chi connectivity index (χ0) is 18.1. The van der Waals surface area contributed by atoms with Crippen LogP contribution in [0.2, 0.25) is 0 Å². The van der Waals surface area contributed by atoms with E-state index >= 15 is 0 Å². The molecule has 0 saturated carbocycles. The highest BCUT2D eigenvalue weighted by atomic mass is 32.2. The third kappa shape index (κ3) is 2.95. The highest BCUT2D eigenvalue weighted by Gasteiger charge is 2.31. The van der Waals surface area contributed by atoms with E-state index in [0.29, 0.717) is 23.7 Å². The number of methoxy groups -OCH3 is 1. The fourth-order valence-corrected chi connectivity index (χ4v) is 4.86. The van der Waals surface area contributed by atoms with Gasteiger partial charge >= 0.3 is 0 Å². The summed E-state index contributed by atoms with van der Waals surface area (Å²) in [4.78, 5) is 0.296. The zero-order valence-electron chi connectivity index (χ0n) is 14.4. The van der Waals surface area contributed by atoms with Crippen molar-refractivity contribution in [3.05, 3.63) is 54.5 Å². The summed E-state index contributed by atoms with van der Waals surface area (Å²) in [6, 6.07) is 12.3. The zero-order valence-corrected chi connectivity index (χ0v) is 15.3. The third-order valence-corrected chi connectivity index (χ3v) is 6.77. The number of sulfonamides is 1. The predicted octanol–water partition coefficient (Wildman–Crippen LogP) is 2.31. The molecule has 1 aromatic carbocycles. The Morgan fingerprint density at radius 3 is 2.46 bits per heavy atom. The molecule has 1 aliphatic rings. The number of aromatic nitrogens is 3. The molecule has 1 saturated heterocycles. The van der Waals surface area contributed by atoms with E-state index in [1.165, 1.54) is 0 Å². The van der Waals surface area contributed by atoms with Gasteiger partial charge in [0, 0.05) is 25.2 Å². The molecule has 26 heavy (non-hydrogen) atoms. The number of rotatable bonds is 4. The van der Waals surface area contributed by atoms with E-state index in [0.717, 1.165) is 24.3 Å². The minimum absolute atomic E-state index is 0.203. The molecular weight excluding hydrogens is 352 g/mol. The first kappa shape index (κ1) is 17.0. The molecule has 0 unspecified atom stereocenters. The fourth-order valence-electron chi connectivity index (χ4n) is 3.39. The Hall–Kier alpha value is -2.45. The molecule has 3 heterocycles. The van der Waals surface area contributed by atoms with Gasteiger partial charge in [0.15, 0.2) is 5.65 Å². The molecule has 7 nitrogen and oxygen atoms in total. The SMILES string of the molecule is COc1ccc(S(=O)(=O)N2CCC(c3nnc4ccccn34)CC2)cc1. The second kappa shape index (κ2) is 6.69. The molecule has 0 amide bonds. The third-order valence-electron chi connectivity index (χ3n) is 4.86. The lowest BCUT2D eigenvalue weighted by Gasteiger charge is -2.30. The first-order valence-corrected chi connectivity index (χ1v) is 9.97. The molecule has 136 valence electrons. The quantitative estimate of drug-likeness (QED) is 0.702. The standard InChI is InChI=1S/C18H20N4O3S/c1-25-15-5-7-16(8-6-15)26(23,24)21-12-9-14(10-13-21)18-20-19-17-4-2-3-11-22(17)18/h2-8,11,14H,9-10,12-13H2,1H3. The Bertz CT molecular complexity index is 1010. The molecule has 0 radical (unpaired) electrons. The summed E-state index contributed by atoms with van der Waals surface area (Å²) in [5.41, 5.74) is 0.816. The Labute approximate surface area is 152 Å². The number of ether oxygens (including phenoxy) is 1. The van der Waals surface area contributed by atoms with E-state index in [1.54, 1.807) is 35.7 Å². The average molecular weight is 372 g/mol. The lowest BCUT2D eigenvalue weighted by Crippen LogP contribution is -2.38. The highest BCUT2D eigenvalue weighted by molar-refractivity contribution is 7.89. The molecule has 1 fully saturated rings. The van der Waals surface area contributed by atoms with Crippen LogP contribution in [0.4, 0.5) is 0 Å². The van der Waals surface area contributed by atoms with Crippen molar-refractivity contribution in [1.82, 2.24) is 18.9 Å². The number of hydrogen-bond donors (Lipinski definition) is 0. The van der Waals surface area contributed by atoms with E-state index < -0.39 is 10.0 Å². The second-order valence-electron chi connectivity index (χ2n) is 6.34. The van der Waals surface area contributed by atoms with Crippen molar-refractivity contribution in [2.75, 3.05) is 20.2 Å². The minimum Gasteiger partial charge on any atom is -0.497 e. The molecule has 4 rings (SSSR count). The summed E-state index contributed by atoms with van der Waals surface area (Å²) in [6.07, 6.45) is 3.40. The van der Waals surface area contributed by atoms with Crippen LogP contribution >= 0.6 is 0 Å². The molecule has 1 aliphatic heterocycles. The summed E-state index contributed by atoms with van der Waals surface area (Å²) in [5.74, 6) is 1.75. The van der Waals surface area contributed by atoms with Crippen molar-refractivity contribution < 1.29 is 13.2 Å². The smallest absolute Gasteiger partial charge is 0.243 e. The average Bonchev–Trinajstić information content (AvgIpc) is 3.12. The lowest BCUT2D eigenvalue weighted by molar-refractivity contribution is 0.312. The molecular formula is C18H20N4O3S. The van der Waals surface area contributed by atoms with Crippen LogP contribution in [0.1, 0.15) is 24.6 Å². The van der Waals surface area contributed by atoms with Gasteiger partial charge in [0.2, 0.25) is 10.0 Å². The molecule has 8 heteroatoms. The van der Waals surface area contributed by atoms with Gasteiger partial charge < -0.3 is 4.74 Å². The van der Waals surface area contributed by atoms with E-state index in [4.69, 9.17) is 4.74 Å². The molecule has 2 aromatic heterocycles. The van der Waals surface area contributed by atoms with Crippen LogP contribution in [0.5, 0.6) is 5.75 Å². The molecule has 0 aliphatic carbocycles. The number of pyridine rings is 1. The maximum atomic E-state index is 12.8. The summed E-state index contributed by atoms with van der Waals surface area (Å²) in [6.45, 7) is 0.946. The summed E-state index contributed by atoms with van der Waals surface area (Å²) >= 11 is 0. The Balaban J connectivity index is 1.50. The Morgan fingerprint density at radius 2 is 1.77 bits per heavy atom. The molecule has 0 atom stereocenters. The van der Waals surface area contributed by atoms with Gasteiger partial charge in [0.05, 0.1) is 12.0 Å². The highest BCUT2D eigenvalue weighted by Crippen LogP contribution is 2.30. The van der Waals surface area contributed by atoms with Gasteiger partial charge in [0.1, 0.15) is 11.6 Å². The van der Waals surface area contributed by atoms with Crippen LogP contribution in [0.15, 0.2) is 53.6 Å². The van der Waals surface area contributed by atoms with Crippen LogP contribution in [-0.2, 0) is 10.0 Å². The molecule has 0 bridgehead atoms. The van der Waals surface area contributed by atoms with Crippen LogP contribution in [0, 0.1) is 0 Å². The summed E-state index contributed by atoms with van der Waals surface area (Å²) in [7, 11) is -1.93. The van der Waals surface area contributed by atoms with Gasteiger partial charge in [-0.15, -0.1) is 10.2 Å². The van der Waals surface area contributed by atoms with Crippen LogP contribution in [-0.4, -0.2) is 47.5 Å². The van der Waals surface area contributed by atoms with Crippen LogP contribution < -0.4 is 4.74 Å². The summed E-state index contributed by atoms with van der Waals surface area (Å²) in [5, 5.41) is 8.51. The minimum atomic E-state index is -3.49. The van der Waals surface area contributed by atoms with Crippen LogP contribution in [0.3, 0.4) is 0 Å². The fraction of sp³-hybridized carbons (Fsp3) is 0.333. The number of piperidine rings is 1. The van der Waals surface area contributed by atoms with Gasteiger partial charge in [-0.1, -0.05) is 6.07 Å². The van der Waals surface area contributed by atoms with Crippen molar-refractivity contribution in [2.45, 2.75) is 23.7 Å². The number of hydrogen-bond acceptors (Lipinski definition) is 5. The van der Waals surface area contributed by atoms with Crippen molar-refractivity contribution in [1.29, 1.82) is 0 Å². The Kier molecular flexibility index (Phi) is 4.37. The maximum Gasteiger partial charge on any atom is 0.243 e. The summed E-state index contributed by atoms with van der Waals surface area (Å²) < 4.78 is 34.3. The molecule has 0 spiro atoms. The van der Waals surface area contributed by atoms with E-state index in [2.05, 4.69) is 10.2 Å². The largest absolute Gasteiger partial charge is 0.497 e.